The largest absolute Gasteiger partial charge is 0.386 e. The number of amides is 1. The molecule has 2 fully saturated rings. The third-order valence-corrected chi connectivity index (χ3v) is 4.39. The van der Waals surface area contributed by atoms with Crippen LogP contribution in [-0.2, 0) is 4.79 Å². The van der Waals surface area contributed by atoms with Crippen LogP contribution in [0.5, 0.6) is 0 Å². The average Bonchev–Trinajstić information content (AvgIpc) is 2.94. The fourth-order valence-corrected chi connectivity index (χ4v) is 3.47. The molecule has 5 nitrogen and oxygen atoms in total. The first-order chi connectivity index (χ1) is 8.57. The highest BCUT2D eigenvalue weighted by atomic mass is 32.1. The Labute approximate surface area is 110 Å². The van der Waals surface area contributed by atoms with Crippen LogP contribution in [0.4, 0.5) is 5.13 Å². The molecule has 0 spiro atoms. The van der Waals surface area contributed by atoms with Crippen LogP contribution in [0, 0.1) is 0 Å². The first kappa shape index (κ1) is 11.9. The second-order valence-electron chi connectivity index (χ2n) is 5.36. The van der Waals surface area contributed by atoms with Crippen LogP contribution < -0.4 is 4.90 Å². The summed E-state index contributed by atoms with van der Waals surface area (Å²) in [6.07, 6.45) is 3.69. The van der Waals surface area contributed by atoms with E-state index in [-0.39, 0.29) is 11.9 Å². The molecule has 0 aromatic carbocycles. The van der Waals surface area contributed by atoms with Gasteiger partial charge >= 0.3 is 0 Å². The van der Waals surface area contributed by atoms with E-state index in [4.69, 9.17) is 0 Å². The molecule has 0 saturated carbocycles. The predicted octanol–water partition coefficient (Wildman–Crippen LogP) is 0.705. The maximum Gasteiger partial charge on any atom is 0.245 e. The molecule has 6 heteroatoms. The van der Waals surface area contributed by atoms with Gasteiger partial charge in [0.1, 0.15) is 6.04 Å². The minimum absolute atomic E-state index is 0.0905. The number of rotatable bonds is 2. The number of thiazole rings is 1. The summed E-state index contributed by atoms with van der Waals surface area (Å²) in [5.41, 5.74) is -0.694. The molecule has 1 aromatic heterocycles. The third-order valence-electron chi connectivity index (χ3n) is 3.58. The van der Waals surface area contributed by atoms with Crippen molar-refractivity contribution < 1.29 is 9.90 Å². The number of nitrogens with zero attached hydrogens (tertiary/aromatic N) is 3. The molecule has 0 radical (unpaired) electrons. The van der Waals surface area contributed by atoms with Gasteiger partial charge in [-0.25, -0.2) is 4.98 Å². The topological polar surface area (TPSA) is 56.7 Å². The van der Waals surface area contributed by atoms with Crippen molar-refractivity contribution in [2.45, 2.75) is 31.4 Å². The van der Waals surface area contributed by atoms with Gasteiger partial charge in [0.25, 0.3) is 0 Å². The van der Waals surface area contributed by atoms with E-state index in [1.165, 1.54) is 0 Å². The highest BCUT2D eigenvalue weighted by Crippen LogP contribution is 2.30. The van der Waals surface area contributed by atoms with Gasteiger partial charge in [0, 0.05) is 18.1 Å². The average molecular weight is 267 g/mol. The van der Waals surface area contributed by atoms with Crippen LogP contribution in [-0.4, -0.2) is 52.2 Å². The Hall–Kier alpha value is -1.14. The molecule has 1 N–H and O–H groups in total. The highest BCUT2D eigenvalue weighted by molar-refractivity contribution is 7.13. The Morgan fingerprint density at radius 1 is 1.61 bits per heavy atom. The highest BCUT2D eigenvalue weighted by Gasteiger charge is 2.44. The van der Waals surface area contributed by atoms with Gasteiger partial charge in [-0.1, -0.05) is 0 Å². The number of likely N-dealkylation sites (tertiary alicyclic amines) is 1. The van der Waals surface area contributed by atoms with E-state index >= 15 is 0 Å². The summed E-state index contributed by atoms with van der Waals surface area (Å²) in [6, 6.07) is -0.0905. The first-order valence-corrected chi connectivity index (χ1v) is 7.12. The van der Waals surface area contributed by atoms with Crippen molar-refractivity contribution in [3.05, 3.63) is 11.6 Å². The molecule has 98 valence electrons. The molecule has 3 heterocycles. The number of anilines is 1. The van der Waals surface area contributed by atoms with Gasteiger partial charge in [-0.2, -0.15) is 0 Å². The molecule has 2 aliphatic rings. The Balaban J connectivity index is 1.70. The van der Waals surface area contributed by atoms with Crippen LogP contribution in [0.3, 0.4) is 0 Å². The molecule has 0 aliphatic carbocycles. The van der Waals surface area contributed by atoms with Gasteiger partial charge in [0.2, 0.25) is 5.91 Å². The summed E-state index contributed by atoms with van der Waals surface area (Å²) in [5.74, 6) is 0.134. The number of carbonyl (C=O) groups excluding carboxylic acids is 1. The van der Waals surface area contributed by atoms with Crippen molar-refractivity contribution in [3.8, 4) is 0 Å². The van der Waals surface area contributed by atoms with Crippen LogP contribution in [0.2, 0.25) is 0 Å². The quantitative estimate of drug-likeness (QED) is 0.857. The van der Waals surface area contributed by atoms with Crippen LogP contribution in [0.1, 0.15) is 19.8 Å². The van der Waals surface area contributed by atoms with Crippen molar-refractivity contribution in [1.29, 1.82) is 0 Å². The maximum atomic E-state index is 12.4. The van der Waals surface area contributed by atoms with Crippen molar-refractivity contribution in [1.82, 2.24) is 9.88 Å². The van der Waals surface area contributed by atoms with Crippen molar-refractivity contribution in [2.24, 2.45) is 0 Å². The molecule has 1 amide bonds. The molecule has 2 aliphatic heterocycles. The summed E-state index contributed by atoms with van der Waals surface area (Å²) in [4.78, 5) is 20.5. The number of aliphatic hydroxyl groups is 1. The van der Waals surface area contributed by atoms with E-state index in [1.54, 1.807) is 29.4 Å². The van der Waals surface area contributed by atoms with Crippen LogP contribution in [0.15, 0.2) is 11.6 Å². The van der Waals surface area contributed by atoms with Crippen molar-refractivity contribution in [3.63, 3.8) is 0 Å². The summed E-state index contributed by atoms with van der Waals surface area (Å²) in [6.45, 7) is 3.57. The van der Waals surface area contributed by atoms with Gasteiger partial charge in [0.15, 0.2) is 5.13 Å². The van der Waals surface area contributed by atoms with E-state index in [1.807, 2.05) is 5.38 Å². The number of carbonyl (C=O) groups is 1. The normalized spacial score (nSPS) is 26.2. The van der Waals surface area contributed by atoms with Crippen molar-refractivity contribution in [2.75, 3.05) is 24.5 Å². The molecule has 2 saturated heterocycles. The van der Waals surface area contributed by atoms with Gasteiger partial charge in [-0.3, -0.25) is 4.79 Å². The zero-order valence-corrected chi connectivity index (χ0v) is 11.2. The minimum Gasteiger partial charge on any atom is -0.386 e. The molecule has 1 aromatic rings. The predicted molar refractivity (Wildman–Crippen MR) is 69.7 cm³/mol. The summed E-state index contributed by atoms with van der Waals surface area (Å²) < 4.78 is 0. The Kier molecular flexibility index (Phi) is 2.79. The lowest BCUT2D eigenvalue weighted by Gasteiger charge is -2.45. The summed E-state index contributed by atoms with van der Waals surface area (Å²) in [5, 5.41) is 12.6. The molecular weight excluding hydrogens is 250 g/mol. The smallest absolute Gasteiger partial charge is 0.245 e. The molecule has 3 rings (SSSR count). The van der Waals surface area contributed by atoms with Crippen LogP contribution in [0.25, 0.3) is 0 Å². The molecule has 1 atom stereocenters. The summed E-state index contributed by atoms with van der Waals surface area (Å²) in [7, 11) is 0. The fraction of sp³-hybridized carbons (Fsp3) is 0.667. The number of β-amino-alcohol motifs (C(OH)–C–C–N with tert-alkyl or cyclic N) is 1. The van der Waals surface area contributed by atoms with E-state index in [2.05, 4.69) is 9.88 Å². The fourth-order valence-electron chi connectivity index (χ4n) is 2.75. The lowest BCUT2D eigenvalue weighted by molar-refractivity contribution is -0.153. The zero-order valence-electron chi connectivity index (χ0n) is 10.4. The Bertz CT molecular complexity index is 438. The van der Waals surface area contributed by atoms with Crippen molar-refractivity contribution >= 4 is 22.4 Å². The van der Waals surface area contributed by atoms with E-state index in [0.29, 0.717) is 13.1 Å². The molecule has 0 bridgehead atoms. The first-order valence-electron chi connectivity index (χ1n) is 6.24. The molecule has 18 heavy (non-hydrogen) atoms. The minimum atomic E-state index is -0.694. The Morgan fingerprint density at radius 3 is 3.00 bits per heavy atom. The molecule has 1 unspecified atom stereocenters. The van der Waals surface area contributed by atoms with Gasteiger partial charge in [-0.05, 0) is 19.8 Å². The Morgan fingerprint density at radius 2 is 2.39 bits per heavy atom. The second-order valence-corrected chi connectivity index (χ2v) is 6.23. The van der Waals surface area contributed by atoms with E-state index < -0.39 is 5.60 Å². The SMILES string of the molecule is CC1(O)CN(C(=O)C2CCCN2c2nccs2)C1. The lowest BCUT2D eigenvalue weighted by Crippen LogP contribution is -2.64. The number of aromatic nitrogens is 1. The lowest BCUT2D eigenvalue weighted by atomic mass is 9.95. The maximum absolute atomic E-state index is 12.4. The van der Waals surface area contributed by atoms with Gasteiger partial charge in [-0.15, -0.1) is 11.3 Å². The number of hydrogen-bond donors (Lipinski definition) is 1. The molecular formula is C12H17N3O2S. The second kappa shape index (κ2) is 4.20. The van der Waals surface area contributed by atoms with Crippen LogP contribution >= 0.6 is 11.3 Å². The number of hydrogen-bond acceptors (Lipinski definition) is 5. The van der Waals surface area contributed by atoms with Gasteiger partial charge in [0.05, 0.1) is 18.7 Å². The summed E-state index contributed by atoms with van der Waals surface area (Å²) >= 11 is 1.57. The monoisotopic (exact) mass is 267 g/mol. The third kappa shape index (κ3) is 1.99. The zero-order chi connectivity index (χ0) is 12.8. The standard InChI is InChI=1S/C12H17N3O2S/c1-12(17)7-14(8-12)10(16)9-3-2-5-15(9)11-13-4-6-18-11/h4,6,9,17H,2-3,5,7-8H2,1H3. The van der Waals surface area contributed by atoms with E-state index in [9.17, 15) is 9.90 Å². The van der Waals surface area contributed by atoms with E-state index in [0.717, 1.165) is 24.5 Å². The van der Waals surface area contributed by atoms with Gasteiger partial charge < -0.3 is 14.9 Å².